The highest BCUT2D eigenvalue weighted by Gasteiger charge is 2.16. The van der Waals surface area contributed by atoms with Gasteiger partial charge >= 0.3 is 11.9 Å². The van der Waals surface area contributed by atoms with Gasteiger partial charge in [0.25, 0.3) is 5.91 Å². The first-order valence-electron chi connectivity index (χ1n) is 10.6. The molecule has 0 spiro atoms. The van der Waals surface area contributed by atoms with Gasteiger partial charge in [0.1, 0.15) is 6.54 Å². The maximum Gasteiger partial charge on any atom is 0.337 e. The molecule has 0 fully saturated rings. The van der Waals surface area contributed by atoms with Gasteiger partial charge in [-0.3, -0.25) is 9.59 Å². The number of carbonyl (C=O) groups excluding carboxylic acids is 3. The van der Waals surface area contributed by atoms with Crippen LogP contribution in [0.4, 0.5) is 0 Å². The number of hydrogen-bond donors (Lipinski definition) is 0. The Morgan fingerprint density at radius 3 is 2.53 bits per heavy atom. The van der Waals surface area contributed by atoms with Crippen molar-refractivity contribution in [1.82, 2.24) is 4.57 Å². The fourth-order valence-corrected chi connectivity index (χ4v) is 4.98. The Kier molecular flexibility index (Phi) is 6.50. The molecule has 32 heavy (non-hydrogen) atoms. The minimum atomic E-state index is -0.458. The molecule has 4 rings (SSSR count). The zero-order valence-electron chi connectivity index (χ0n) is 18.1. The first-order chi connectivity index (χ1) is 15.5. The summed E-state index contributed by atoms with van der Waals surface area (Å²) in [5.41, 5.74) is 4.10. The van der Waals surface area contributed by atoms with Crippen LogP contribution in [0.25, 0.3) is 10.2 Å². The van der Waals surface area contributed by atoms with E-state index in [0.717, 1.165) is 19.3 Å². The summed E-state index contributed by atoms with van der Waals surface area (Å²) in [5.74, 6) is -1.25. The predicted molar refractivity (Wildman–Crippen MR) is 121 cm³/mol. The van der Waals surface area contributed by atoms with Gasteiger partial charge in [-0.25, -0.2) is 4.79 Å². The van der Waals surface area contributed by atoms with Crippen molar-refractivity contribution in [2.24, 2.45) is 4.99 Å². The van der Waals surface area contributed by atoms with Gasteiger partial charge in [-0.05, 0) is 74.1 Å². The van der Waals surface area contributed by atoms with E-state index in [9.17, 15) is 14.4 Å². The van der Waals surface area contributed by atoms with Crippen molar-refractivity contribution in [2.75, 3.05) is 13.7 Å². The van der Waals surface area contributed by atoms with E-state index in [1.807, 2.05) is 18.2 Å². The van der Waals surface area contributed by atoms with Crippen LogP contribution in [0.2, 0.25) is 0 Å². The fourth-order valence-electron chi connectivity index (χ4n) is 3.91. The maximum absolute atomic E-state index is 13.0. The molecule has 1 aliphatic carbocycles. The van der Waals surface area contributed by atoms with Crippen LogP contribution in [-0.4, -0.2) is 36.1 Å². The lowest BCUT2D eigenvalue weighted by atomic mass is 9.90. The Bertz CT molecular complexity index is 1270. The Hall–Kier alpha value is -3.26. The third-order valence-corrected chi connectivity index (χ3v) is 6.53. The van der Waals surface area contributed by atoms with E-state index >= 15 is 0 Å². The van der Waals surface area contributed by atoms with E-state index in [-0.39, 0.29) is 19.1 Å². The summed E-state index contributed by atoms with van der Waals surface area (Å²) in [5, 5.41) is 0. The average Bonchev–Trinajstić information content (AvgIpc) is 3.14. The van der Waals surface area contributed by atoms with E-state index < -0.39 is 11.9 Å². The van der Waals surface area contributed by atoms with E-state index in [2.05, 4.69) is 4.99 Å². The topological polar surface area (TPSA) is 87.0 Å². The second kappa shape index (κ2) is 9.48. The number of amides is 1. The summed E-state index contributed by atoms with van der Waals surface area (Å²) in [6.07, 6.45) is 4.31. The molecule has 0 N–H and O–H groups in total. The Morgan fingerprint density at radius 1 is 1.03 bits per heavy atom. The minimum absolute atomic E-state index is 0.0816. The molecule has 0 saturated heterocycles. The summed E-state index contributed by atoms with van der Waals surface area (Å²) >= 11 is 1.24. The second-order valence-electron chi connectivity index (χ2n) is 7.56. The fraction of sp³-hybridized carbons (Fsp3) is 0.333. The van der Waals surface area contributed by atoms with Crippen LogP contribution in [0.5, 0.6) is 0 Å². The third kappa shape index (κ3) is 4.50. The molecule has 2 aromatic carbocycles. The lowest BCUT2D eigenvalue weighted by Crippen LogP contribution is -2.23. The van der Waals surface area contributed by atoms with E-state index in [1.54, 1.807) is 29.7 Å². The van der Waals surface area contributed by atoms with Crippen molar-refractivity contribution < 1.29 is 23.9 Å². The van der Waals surface area contributed by atoms with E-state index in [0.29, 0.717) is 26.1 Å². The molecule has 0 bridgehead atoms. The van der Waals surface area contributed by atoms with Gasteiger partial charge in [-0.15, -0.1) is 0 Å². The monoisotopic (exact) mass is 452 g/mol. The number of fused-ring (bicyclic) bond motifs is 2. The van der Waals surface area contributed by atoms with Gasteiger partial charge in [-0.2, -0.15) is 4.99 Å². The molecule has 0 saturated carbocycles. The van der Waals surface area contributed by atoms with Gasteiger partial charge in [0.2, 0.25) is 0 Å². The number of methoxy groups -OCH3 is 1. The molecule has 3 aromatic rings. The summed E-state index contributed by atoms with van der Waals surface area (Å²) < 4.78 is 12.3. The summed E-state index contributed by atoms with van der Waals surface area (Å²) in [4.78, 5) is 41.8. The van der Waals surface area contributed by atoms with Crippen molar-refractivity contribution in [1.29, 1.82) is 0 Å². The Balaban J connectivity index is 1.78. The zero-order chi connectivity index (χ0) is 22.7. The normalized spacial score (nSPS) is 13.6. The number of nitrogens with zero attached hydrogens (tertiary/aromatic N) is 2. The number of carbonyl (C=O) groups is 3. The molecule has 1 heterocycles. The molecule has 0 aliphatic heterocycles. The molecule has 0 unspecified atom stereocenters. The lowest BCUT2D eigenvalue weighted by molar-refractivity contribution is -0.143. The highest BCUT2D eigenvalue weighted by Crippen LogP contribution is 2.23. The van der Waals surface area contributed by atoms with Crippen LogP contribution in [0.15, 0.2) is 41.4 Å². The number of aromatic nitrogens is 1. The van der Waals surface area contributed by atoms with Crippen molar-refractivity contribution in [3.63, 3.8) is 0 Å². The summed E-state index contributed by atoms with van der Waals surface area (Å²) in [6, 6.07) is 10.8. The molecule has 1 amide bonds. The first kappa shape index (κ1) is 22.0. The second-order valence-corrected chi connectivity index (χ2v) is 8.57. The number of esters is 2. The number of aryl methyl sites for hydroxylation is 2. The molecular weight excluding hydrogens is 428 g/mol. The van der Waals surface area contributed by atoms with Crippen molar-refractivity contribution in [3.05, 3.63) is 63.5 Å². The molecular formula is C24H24N2O5S. The van der Waals surface area contributed by atoms with Crippen molar-refractivity contribution in [2.45, 2.75) is 39.2 Å². The molecule has 1 aliphatic rings. The third-order valence-electron chi connectivity index (χ3n) is 5.49. The van der Waals surface area contributed by atoms with Crippen molar-refractivity contribution in [3.8, 4) is 0 Å². The smallest absolute Gasteiger partial charge is 0.337 e. The molecule has 1 aromatic heterocycles. The minimum Gasteiger partial charge on any atom is -0.465 e. The SMILES string of the molecule is CCOC(=O)Cn1c(=NC(=O)c2ccc3c(c2)CCCC3)sc2cc(C(=O)OC)ccc21. The number of benzene rings is 2. The van der Waals surface area contributed by atoms with Crippen LogP contribution in [0, 0.1) is 0 Å². The summed E-state index contributed by atoms with van der Waals surface area (Å²) in [6.45, 7) is 1.91. The van der Waals surface area contributed by atoms with E-state index in [4.69, 9.17) is 9.47 Å². The average molecular weight is 453 g/mol. The Labute approximate surface area is 189 Å². The summed E-state index contributed by atoms with van der Waals surface area (Å²) in [7, 11) is 1.32. The quantitative estimate of drug-likeness (QED) is 0.551. The largest absolute Gasteiger partial charge is 0.465 e. The highest BCUT2D eigenvalue weighted by molar-refractivity contribution is 7.16. The standard InChI is InChI=1S/C24H24N2O5S/c1-3-31-21(27)14-26-19-11-10-18(23(29)30-2)13-20(19)32-24(26)25-22(28)17-9-8-15-6-4-5-7-16(15)12-17/h8-13H,3-7,14H2,1-2H3. The van der Waals surface area contributed by atoms with Crippen LogP contribution in [0.1, 0.15) is 51.6 Å². The van der Waals surface area contributed by atoms with Gasteiger partial charge < -0.3 is 14.0 Å². The van der Waals surface area contributed by atoms with Crippen LogP contribution in [-0.2, 0) is 33.7 Å². The van der Waals surface area contributed by atoms with Crippen LogP contribution in [0.3, 0.4) is 0 Å². The van der Waals surface area contributed by atoms with Gasteiger partial charge in [0, 0.05) is 5.56 Å². The highest BCUT2D eigenvalue weighted by atomic mass is 32.1. The van der Waals surface area contributed by atoms with Gasteiger partial charge in [0.15, 0.2) is 4.80 Å². The molecule has 7 nitrogen and oxygen atoms in total. The number of rotatable bonds is 5. The van der Waals surface area contributed by atoms with Crippen molar-refractivity contribution >= 4 is 39.4 Å². The predicted octanol–water partition coefficient (Wildman–Crippen LogP) is 3.67. The first-order valence-corrected chi connectivity index (χ1v) is 11.4. The molecule has 0 atom stereocenters. The van der Waals surface area contributed by atoms with Crippen LogP contribution < -0.4 is 4.80 Å². The number of thiazole rings is 1. The molecule has 8 heteroatoms. The maximum atomic E-state index is 13.0. The molecule has 166 valence electrons. The zero-order valence-corrected chi connectivity index (χ0v) is 18.9. The number of hydrogen-bond acceptors (Lipinski definition) is 6. The van der Waals surface area contributed by atoms with E-state index in [1.165, 1.54) is 36.0 Å². The van der Waals surface area contributed by atoms with Crippen LogP contribution >= 0.6 is 11.3 Å². The van der Waals surface area contributed by atoms with Gasteiger partial charge in [0.05, 0.1) is 29.5 Å². The molecule has 0 radical (unpaired) electrons. The Morgan fingerprint density at radius 2 is 1.78 bits per heavy atom. The number of ether oxygens (including phenoxy) is 2. The lowest BCUT2D eigenvalue weighted by Gasteiger charge is -2.15. The van der Waals surface area contributed by atoms with Gasteiger partial charge in [-0.1, -0.05) is 17.4 Å².